The maximum atomic E-state index is 13.5. The molecule has 2 aromatic carbocycles. The highest BCUT2D eigenvalue weighted by molar-refractivity contribution is 6.04. The number of fused-ring (bicyclic) bond motifs is 3. The van der Waals surface area contributed by atoms with Crippen LogP contribution in [-0.4, -0.2) is 66.2 Å². The van der Waals surface area contributed by atoms with Gasteiger partial charge in [-0.05, 0) is 36.1 Å². The molecule has 8 heteroatoms. The van der Waals surface area contributed by atoms with Gasteiger partial charge in [-0.3, -0.25) is 19.6 Å². The number of methoxy groups -OCH3 is 1. The molecule has 1 aliphatic heterocycles. The van der Waals surface area contributed by atoms with Crippen molar-refractivity contribution in [2.45, 2.75) is 30.4 Å². The van der Waals surface area contributed by atoms with Crippen LogP contribution >= 0.6 is 0 Å². The van der Waals surface area contributed by atoms with E-state index in [1.165, 1.54) is 12.7 Å². The Morgan fingerprint density at radius 1 is 1.14 bits per heavy atom. The predicted octanol–water partition coefficient (Wildman–Crippen LogP) is 3.19. The second kappa shape index (κ2) is 10.2. The van der Waals surface area contributed by atoms with E-state index in [0.29, 0.717) is 49.1 Å². The molecule has 0 bridgehead atoms. The maximum Gasteiger partial charge on any atom is 0.256 e. The largest absolute Gasteiger partial charge is 0.375 e. The van der Waals surface area contributed by atoms with Crippen LogP contribution in [0.1, 0.15) is 40.4 Å². The fraction of sp³-hybridized carbons (Fsp3) is 0.357. The van der Waals surface area contributed by atoms with Gasteiger partial charge in [0.05, 0.1) is 29.8 Å². The molecule has 1 aromatic heterocycles. The summed E-state index contributed by atoms with van der Waals surface area (Å²) in [6.07, 6.45) is 6.11. The van der Waals surface area contributed by atoms with Gasteiger partial charge in [0.15, 0.2) is 0 Å². The summed E-state index contributed by atoms with van der Waals surface area (Å²) in [5, 5.41) is 3.13. The van der Waals surface area contributed by atoms with Gasteiger partial charge in [-0.1, -0.05) is 36.4 Å². The van der Waals surface area contributed by atoms with E-state index in [1.807, 2.05) is 35.2 Å². The highest BCUT2D eigenvalue weighted by Crippen LogP contribution is 2.52. The topological polar surface area (TPSA) is 93.7 Å². The highest BCUT2D eigenvalue weighted by atomic mass is 16.5. The van der Waals surface area contributed by atoms with Crippen molar-refractivity contribution in [1.29, 1.82) is 0 Å². The number of piperidine rings is 1. The molecule has 2 aliphatic rings. The van der Waals surface area contributed by atoms with Gasteiger partial charge in [-0.15, -0.1) is 6.58 Å². The SMILES string of the molecule is C=CCO[C@H]1[C@H](NC(=O)COC)c2ccccc2C12CCN(C(=O)c1cccc3nccnc13)CC2. The Bertz CT molecular complexity index is 1280. The molecule has 8 nitrogen and oxygen atoms in total. The minimum absolute atomic E-state index is 0.0178. The Kier molecular flexibility index (Phi) is 6.80. The molecule has 2 atom stereocenters. The number of nitrogens with one attached hydrogen (secondary N) is 1. The van der Waals surface area contributed by atoms with E-state index in [4.69, 9.17) is 9.47 Å². The van der Waals surface area contributed by atoms with Gasteiger partial charge in [0.1, 0.15) is 12.1 Å². The first-order valence-corrected chi connectivity index (χ1v) is 12.2. The number of para-hydroxylation sites is 1. The van der Waals surface area contributed by atoms with Crippen LogP contribution in [0.5, 0.6) is 0 Å². The second-order valence-electron chi connectivity index (χ2n) is 9.29. The zero-order chi connectivity index (χ0) is 25.1. The third kappa shape index (κ3) is 4.16. The predicted molar refractivity (Wildman–Crippen MR) is 135 cm³/mol. The smallest absolute Gasteiger partial charge is 0.256 e. The lowest BCUT2D eigenvalue weighted by atomic mass is 9.71. The Morgan fingerprint density at radius 3 is 2.69 bits per heavy atom. The van der Waals surface area contributed by atoms with Crippen LogP contribution in [0.2, 0.25) is 0 Å². The Morgan fingerprint density at radius 2 is 1.92 bits per heavy atom. The molecule has 1 spiro atoms. The third-order valence-electron chi connectivity index (χ3n) is 7.34. The van der Waals surface area contributed by atoms with Gasteiger partial charge in [-0.25, -0.2) is 0 Å². The molecule has 2 amide bonds. The van der Waals surface area contributed by atoms with Crippen molar-refractivity contribution in [2.24, 2.45) is 0 Å². The first kappa shape index (κ1) is 24.1. The molecule has 1 aliphatic carbocycles. The number of aromatic nitrogens is 2. The number of carbonyl (C=O) groups is 2. The van der Waals surface area contributed by atoms with Crippen LogP contribution in [0.3, 0.4) is 0 Å². The summed E-state index contributed by atoms with van der Waals surface area (Å²) >= 11 is 0. The minimum Gasteiger partial charge on any atom is -0.375 e. The molecule has 3 aromatic rings. The van der Waals surface area contributed by atoms with E-state index >= 15 is 0 Å². The molecule has 5 rings (SSSR count). The van der Waals surface area contributed by atoms with Crippen molar-refractivity contribution in [2.75, 3.05) is 33.4 Å². The van der Waals surface area contributed by atoms with Gasteiger partial charge in [-0.2, -0.15) is 0 Å². The summed E-state index contributed by atoms with van der Waals surface area (Å²) in [5.74, 6) is -0.234. The second-order valence-corrected chi connectivity index (χ2v) is 9.29. The molecule has 1 saturated heterocycles. The first-order chi connectivity index (χ1) is 17.6. The Hall–Kier alpha value is -3.62. The average Bonchev–Trinajstić information content (AvgIpc) is 3.15. The summed E-state index contributed by atoms with van der Waals surface area (Å²) < 4.78 is 11.4. The van der Waals surface area contributed by atoms with Crippen molar-refractivity contribution >= 4 is 22.8 Å². The molecule has 1 N–H and O–H groups in total. The van der Waals surface area contributed by atoms with Crippen molar-refractivity contribution in [3.05, 3.63) is 84.2 Å². The molecular formula is C28H30N4O4. The van der Waals surface area contributed by atoms with Crippen molar-refractivity contribution < 1.29 is 19.1 Å². The summed E-state index contributed by atoms with van der Waals surface area (Å²) in [6.45, 7) is 5.30. The number of carbonyl (C=O) groups excluding carboxylic acids is 2. The van der Waals surface area contributed by atoms with Crippen molar-refractivity contribution in [3.63, 3.8) is 0 Å². The molecule has 0 radical (unpaired) electrons. The fourth-order valence-electron chi connectivity index (χ4n) is 5.78. The molecule has 36 heavy (non-hydrogen) atoms. The van der Waals surface area contributed by atoms with Crippen molar-refractivity contribution in [3.8, 4) is 0 Å². The lowest BCUT2D eigenvalue weighted by molar-refractivity contribution is -0.127. The van der Waals surface area contributed by atoms with Gasteiger partial charge in [0.2, 0.25) is 5.91 Å². The number of amides is 2. The summed E-state index contributed by atoms with van der Waals surface area (Å²) in [6, 6.07) is 13.4. The van der Waals surface area contributed by atoms with Gasteiger partial charge < -0.3 is 19.7 Å². The highest BCUT2D eigenvalue weighted by Gasteiger charge is 2.54. The number of rotatable bonds is 7. The summed E-state index contributed by atoms with van der Waals surface area (Å²) in [4.78, 5) is 36.7. The number of hydrogen-bond acceptors (Lipinski definition) is 6. The van der Waals surface area contributed by atoms with Gasteiger partial charge in [0.25, 0.3) is 5.91 Å². The van der Waals surface area contributed by atoms with E-state index < -0.39 is 0 Å². The van der Waals surface area contributed by atoms with Gasteiger partial charge in [0, 0.05) is 38.0 Å². The van der Waals surface area contributed by atoms with Gasteiger partial charge >= 0.3 is 0 Å². The quantitative estimate of drug-likeness (QED) is 0.516. The van der Waals surface area contributed by atoms with Crippen LogP contribution in [-0.2, 0) is 19.7 Å². The summed E-state index contributed by atoms with van der Waals surface area (Å²) in [5.41, 5.74) is 3.77. The standard InChI is InChI=1S/C28H30N4O4/c1-3-17-36-26-25(31-23(33)18-35-2)19-7-4-5-9-21(19)28(26)11-15-32(16-12-28)27(34)20-8-6-10-22-24(20)30-14-13-29-22/h3-10,13-14,25-26H,1,11-12,15-18H2,2H3,(H,31,33)/t25-,26+/m1/s1. The van der Waals surface area contributed by atoms with E-state index in [2.05, 4.69) is 34.0 Å². The minimum atomic E-state index is -0.333. The van der Waals surface area contributed by atoms with Crippen LogP contribution in [0.25, 0.3) is 11.0 Å². The Balaban J connectivity index is 1.44. The molecule has 0 unspecified atom stereocenters. The third-order valence-corrected chi connectivity index (χ3v) is 7.34. The van der Waals surface area contributed by atoms with E-state index in [0.717, 1.165) is 5.56 Å². The molecule has 0 saturated carbocycles. The lowest BCUT2D eigenvalue weighted by Crippen LogP contribution is -2.52. The summed E-state index contributed by atoms with van der Waals surface area (Å²) in [7, 11) is 1.50. The zero-order valence-corrected chi connectivity index (χ0v) is 20.4. The normalized spacial score (nSPS) is 20.3. The molecular weight excluding hydrogens is 456 g/mol. The first-order valence-electron chi connectivity index (χ1n) is 12.2. The van der Waals surface area contributed by atoms with Crippen LogP contribution in [0.4, 0.5) is 0 Å². The van der Waals surface area contributed by atoms with E-state index in [1.54, 1.807) is 18.5 Å². The van der Waals surface area contributed by atoms with Crippen LogP contribution in [0, 0.1) is 0 Å². The maximum absolute atomic E-state index is 13.5. The number of likely N-dealkylation sites (tertiary alicyclic amines) is 1. The number of nitrogens with zero attached hydrogens (tertiary/aromatic N) is 3. The molecule has 1 fully saturated rings. The van der Waals surface area contributed by atoms with Crippen LogP contribution in [0.15, 0.2) is 67.5 Å². The lowest BCUT2D eigenvalue weighted by Gasteiger charge is -2.44. The molecule has 2 heterocycles. The number of hydrogen-bond donors (Lipinski definition) is 1. The average molecular weight is 487 g/mol. The molecule has 186 valence electrons. The zero-order valence-electron chi connectivity index (χ0n) is 20.4. The Labute approximate surface area is 210 Å². The van der Waals surface area contributed by atoms with E-state index in [-0.39, 0.29) is 36.0 Å². The monoisotopic (exact) mass is 486 g/mol. The fourth-order valence-corrected chi connectivity index (χ4v) is 5.78. The van der Waals surface area contributed by atoms with Crippen molar-refractivity contribution in [1.82, 2.24) is 20.2 Å². The van der Waals surface area contributed by atoms with E-state index in [9.17, 15) is 9.59 Å². The number of benzene rings is 2. The number of ether oxygens (including phenoxy) is 2. The van der Waals surface area contributed by atoms with Crippen LogP contribution < -0.4 is 5.32 Å².